The molecule has 2 aromatic carbocycles. The van der Waals surface area contributed by atoms with Gasteiger partial charge < -0.3 is 15.4 Å². The number of ether oxygens (including phenoxy) is 1. The Balaban J connectivity index is 1.87. The summed E-state index contributed by atoms with van der Waals surface area (Å²) in [5, 5.41) is 5.65. The van der Waals surface area contributed by atoms with Crippen LogP contribution < -0.4 is 10.6 Å². The maximum absolute atomic E-state index is 13.0. The zero-order chi connectivity index (χ0) is 26.1. The summed E-state index contributed by atoms with van der Waals surface area (Å²) in [6.07, 6.45) is 3.59. The van der Waals surface area contributed by atoms with E-state index >= 15 is 0 Å². The zero-order valence-corrected chi connectivity index (χ0v) is 21.4. The van der Waals surface area contributed by atoms with Gasteiger partial charge in [-0.05, 0) is 47.2 Å². The smallest absolute Gasteiger partial charge is 0.305 e. The number of rotatable bonds is 13. The van der Waals surface area contributed by atoms with Crippen molar-refractivity contribution in [3.63, 3.8) is 0 Å². The average molecular weight is 493 g/mol. The molecule has 0 fully saturated rings. The van der Waals surface area contributed by atoms with Crippen molar-refractivity contribution in [2.75, 3.05) is 18.5 Å². The maximum atomic E-state index is 13.0. The number of anilines is 1. The summed E-state index contributed by atoms with van der Waals surface area (Å²) in [7, 11) is 0. The molecular weight excluding hydrogens is 456 g/mol. The Morgan fingerprint density at radius 1 is 0.889 bits per heavy atom. The molecule has 1 unspecified atom stereocenters. The third-order valence-electron chi connectivity index (χ3n) is 6.36. The number of esters is 1. The van der Waals surface area contributed by atoms with Crippen LogP contribution in [0.25, 0.3) is 11.1 Å². The molecule has 1 aliphatic carbocycles. The predicted octanol–water partition coefficient (Wildman–Crippen LogP) is 5.37. The van der Waals surface area contributed by atoms with Gasteiger partial charge in [-0.1, -0.05) is 51.5 Å². The van der Waals surface area contributed by atoms with Gasteiger partial charge in [-0.3, -0.25) is 19.2 Å². The molecule has 7 nitrogen and oxygen atoms in total. The van der Waals surface area contributed by atoms with Gasteiger partial charge in [0.1, 0.15) is 6.61 Å². The fourth-order valence-electron chi connectivity index (χ4n) is 4.45. The Labute approximate surface area is 213 Å². The first-order valence-corrected chi connectivity index (χ1v) is 12.9. The number of hydrogen-bond acceptors (Lipinski definition) is 5. The summed E-state index contributed by atoms with van der Waals surface area (Å²) in [5.74, 6) is -0.812. The normalized spacial score (nSPS) is 13.5. The molecular formula is C29H36N2O5. The fourth-order valence-corrected chi connectivity index (χ4v) is 4.45. The largest absolute Gasteiger partial charge is 0.465 e. The summed E-state index contributed by atoms with van der Waals surface area (Å²) >= 11 is 0. The van der Waals surface area contributed by atoms with E-state index in [1.165, 1.54) is 0 Å². The van der Waals surface area contributed by atoms with Gasteiger partial charge in [-0.15, -0.1) is 0 Å². The van der Waals surface area contributed by atoms with Gasteiger partial charge in [0.2, 0.25) is 11.8 Å². The summed E-state index contributed by atoms with van der Waals surface area (Å²) in [6.45, 7) is 6.54. The van der Waals surface area contributed by atoms with E-state index in [9.17, 15) is 19.2 Å². The molecule has 3 rings (SSSR count). The molecule has 0 bridgehead atoms. The van der Waals surface area contributed by atoms with E-state index in [0.29, 0.717) is 24.2 Å². The zero-order valence-electron chi connectivity index (χ0n) is 21.4. The first-order valence-electron chi connectivity index (χ1n) is 12.9. The fraction of sp³-hybridized carbons (Fsp3) is 0.448. The maximum Gasteiger partial charge on any atom is 0.305 e. The molecule has 192 valence electrons. The Morgan fingerprint density at radius 3 is 2.39 bits per heavy atom. The Bertz CT molecular complexity index is 1120. The lowest BCUT2D eigenvalue weighted by atomic mass is 9.93. The Morgan fingerprint density at radius 2 is 1.67 bits per heavy atom. The molecule has 0 aromatic heterocycles. The van der Waals surface area contributed by atoms with Crippen molar-refractivity contribution in [2.24, 2.45) is 0 Å². The molecule has 0 saturated heterocycles. The van der Waals surface area contributed by atoms with Crippen molar-refractivity contribution in [1.82, 2.24) is 5.32 Å². The van der Waals surface area contributed by atoms with E-state index in [0.717, 1.165) is 41.5 Å². The van der Waals surface area contributed by atoms with Crippen LogP contribution in [-0.2, 0) is 19.1 Å². The highest BCUT2D eigenvalue weighted by molar-refractivity contribution is 6.05. The highest BCUT2D eigenvalue weighted by atomic mass is 16.5. The van der Waals surface area contributed by atoms with E-state index in [2.05, 4.69) is 17.6 Å². The Hall–Kier alpha value is -3.48. The van der Waals surface area contributed by atoms with Crippen molar-refractivity contribution in [2.45, 2.75) is 71.6 Å². The van der Waals surface area contributed by atoms with Crippen molar-refractivity contribution in [3.05, 3.63) is 53.1 Å². The molecule has 2 N–H and O–H groups in total. The van der Waals surface area contributed by atoms with Crippen LogP contribution >= 0.6 is 0 Å². The number of unbranched alkanes of at least 4 members (excludes halogenated alkanes) is 1. The number of hydrogen-bond donors (Lipinski definition) is 2. The molecule has 2 aromatic rings. The lowest BCUT2D eigenvalue weighted by Crippen LogP contribution is -2.25. The van der Waals surface area contributed by atoms with Gasteiger partial charge in [0.25, 0.3) is 0 Å². The molecule has 0 heterocycles. The number of amides is 2. The number of nitrogens with one attached hydrogen (secondary N) is 2. The first-order chi connectivity index (χ1) is 17.4. The number of carbonyl (C=O) groups excluding carboxylic acids is 4. The molecule has 1 aliphatic rings. The summed E-state index contributed by atoms with van der Waals surface area (Å²) in [4.78, 5) is 49.3. The van der Waals surface area contributed by atoms with Crippen LogP contribution in [0.5, 0.6) is 0 Å². The Kier molecular flexibility index (Phi) is 9.79. The minimum Gasteiger partial charge on any atom is -0.465 e. The van der Waals surface area contributed by atoms with Gasteiger partial charge in [0.15, 0.2) is 5.78 Å². The summed E-state index contributed by atoms with van der Waals surface area (Å²) in [6, 6.07) is 11.3. The number of carbonyl (C=O) groups is 4. The van der Waals surface area contributed by atoms with Crippen molar-refractivity contribution >= 4 is 29.3 Å². The second-order valence-corrected chi connectivity index (χ2v) is 9.09. The molecule has 7 heteroatoms. The van der Waals surface area contributed by atoms with E-state index < -0.39 is 0 Å². The molecule has 0 spiro atoms. The number of ketones is 1. The van der Waals surface area contributed by atoms with Crippen LogP contribution in [-0.4, -0.2) is 36.7 Å². The highest BCUT2D eigenvalue weighted by Gasteiger charge is 2.33. The van der Waals surface area contributed by atoms with Gasteiger partial charge in [-0.2, -0.15) is 0 Å². The van der Waals surface area contributed by atoms with Crippen molar-refractivity contribution in [1.29, 1.82) is 0 Å². The molecule has 36 heavy (non-hydrogen) atoms. The van der Waals surface area contributed by atoms with Crippen molar-refractivity contribution in [3.8, 4) is 11.1 Å². The molecule has 0 aliphatic heterocycles. The first kappa shape index (κ1) is 27.1. The van der Waals surface area contributed by atoms with E-state index in [-0.39, 0.29) is 55.4 Å². The predicted molar refractivity (Wildman–Crippen MR) is 140 cm³/mol. The standard InChI is InChI=1S/C29H36N2O5/c1-4-7-11-25(32)22-10-8-9-20-24(18-36-28(35)6-3)23-17-19(12-13-21(23)29(20)22)31-27(34)15-14-26(33)30-16-5-2/h8-10,12-13,17,24H,4-7,11,14-16,18H2,1-3H3,(H,30,33)(H,31,34). The lowest BCUT2D eigenvalue weighted by molar-refractivity contribution is -0.143. The molecule has 1 atom stereocenters. The van der Waals surface area contributed by atoms with Gasteiger partial charge >= 0.3 is 5.97 Å². The number of fused-ring (bicyclic) bond motifs is 3. The molecule has 0 radical (unpaired) electrons. The highest BCUT2D eigenvalue weighted by Crippen LogP contribution is 2.47. The van der Waals surface area contributed by atoms with E-state index in [1.54, 1.807) is 6.92 Å². The van der Waals surface area contributed by atoms with E-state index in [1.807, 2.05) is 43.3 Å². The quantitative estimate of drug-likeness (QED) is 0.289. The van der Waals surface area contributed by atoms with Crippen LogP contribution in [0.15, 0.2) is 36.4 Å². The van der Waals surface area contributed by atoms with Crippen LogP contribution in [0.3, 0.4) is 0 Å². The number of Topliss-reactive ketones (excluding diaryl/α,β-unsaturated/α-hetero) is 1. The summed E-state index contributed by atoms with van der Waals surface area (Å²) < 4.78 is 5.52. The van der Waals surface area contributed by atoms with Crippen LogP contribution in [0.2, 0.25) is 0 Å². The van der Waals surface area contributed by atoms with Crippen molar-refractivity contribution < 1.29 is 23.9 Å². The summed E-state index contributed by atoms with van der Waals surface area (Å²) in [5.41, 5.74) is 4.94. The third kappa shape index (κ3) is 6.59. The second kappa shape index (κ2) is 13.0. The minimum absolute atomic E-state index is 0.0838. The lowest BCUT2D eigenvalue weighted by Gasteiger charge is -2.15. The van der Waals surface area contributed by atoms with Gasteiger partial charge in [-0.25, -0.2) is 0 Å². The monoisotopic (exact) mass is 492 g/mol. The average Bonchev–Trinajstić information content (AvgIpc) is 3.20. The van der Waals surface area contributed by atoms with Crippen LogP contribution in [0.1, 0.15) is 93.1 Å². The second-order valence-electron chi connectivity index (χ2n) is 9.09. The SMILES string of the molecule is CCCCC(=O)c1cccc2c1-c1ccc(NC(=O)CCC(=O)NCCC)cc1C2COC(=O)CC. The van der Waals surface area contributed by atoms with Crippen LogP contribution in [0.4, 0.5) is 5.69 Å². The van der Waals surface area contributed by atoms with Crippen LogP contribution in [0, 0.1) is 0 Å². The minimum atomic E-state index is -0.286. The van der Waals surface area contributed by atoms with Gasteiger partial charge in [0, 0.05) is 49.4 Å². The topological polar surface area (TPSA) is 102 Å². The van der Waals surface area contributed by atoms with Gasteiger partial charge in [0.05, 0.1) is 0 Å². The third-order valence-corrected chi connectivity index (χ3v) is 6.36. The molecule has 2 amide bonds. The van der Waals surface area contributed by atoms with E-state index in [4.69, 9.17) is 4.74 Å². The number of benzene rings is 2. The molecule has 0 saturated carbocycles.